The summed E-state index contributed by atoms with van der Waals surface area (Å²) in [5.41, 5.74) is 0.491. The predicted molar refractivity (Wildman–Crippen MR) is 66.8 cm³/mol. The van der Waals surface area contributed by atoms with Gasteiger partial charge >= 0.3 is 5.97 Å². The molecule has 0 saturated heterocycles. The van der Waals surface area contributed by atoms with Gasteiger partial charge in [-0.25, -0.2) is 4.79 Å². The number of benzene rings is 1. The SMILES string of the molecule is CC(OCCNC(=O)c1ccc(Cl)cc1)C(=O)O. The predicted octanol–water partition coefficient (Wildman–Crippen LogP) is 1.56. The summed E-state index contributed by atoms with van der Waals surface area (Å²) in [4.78, 5) is 22.1. The second-order valence-corrected chi connectivity index (χ2v) is 4.05. The molecule has 1 rings (SSSR count). The fourth-order valence-electron chi connectivity index (χ4n) is 1.17. The molecule has 1 unspecified atom stereocenters. The number of aliphatic carboxylic acids is 1. The molecule has 0 spiro atoms. The molecule has 6 heteroatoms. The molecule has 1 aromatic rings. The van der Waals surface area contributed by atoms with Crippen LogP contribution in [0.1, 0.15) is 17.3 Å². The van der Waals surface area contributed by atoms with E-state index in [0.717, 1.165) is 0 Å². The first-order valence-corrected chi connectivity index (χ1v) is 5.76. The van der Waals surface area contributed by atoms with Crippen molar-refractivity contribution in [2.75, 3.05) is 13.2 Å². The lowest BCUT2D eigenvalue weighted by Crippen LogP contribution is -2.30. The molecule has 1 atom stereocenters. The fraction of sp³-hybridized carbons (Fsp3) is 0.333. The second-order valence-electron chi connectivity index (χ2n) is 3.61. The third-order valence-corrected chi connectivity index (χ3v) is 2.46. The lowest BCUT2D eigenvalue weighted by Gasteiger charge is -2.09. The van der Waals surface area contributed by atoms with E-state index in [4.69, 9.17) is 21.4 Å². The third kappa shape index (κ3) is 4.73. The van der Waals surface area contributed by atoms with Crippen LogP contribution in [0.4, 0.5) is 0 Å². The molecule has 0 aliphatic rings. The average Bonchev–Trinajstić information content (AvgIpc) is 2.34. The Morgan fingerprint density at radius 2 is 2.00 bits per heavy atom. The fourth-order valence-corrected chi connectivity index (χ4v) is 1.30. The van der Waals surface area contributed by atoms with Gasteiger partial charge in [-0.3, -0.25) is 4.79 Å². The van der Waals surface area contributed by atoms with Gasteiger partial charge in [-0.1, -0.05) is 11.6 Å². The Balaban J connectivity index is 2.29. The normalized spacial score (nSPS) is 11.9. The van der Waals surface area contributed by atoms with E-state index < -0.39 is 12.1 Å². The Morgan fingerprint density at radius 3 is 2.56 bits per heavy atom. The van der Waals surface area contributed by atoms with Crippen LogP contribution < -0.4 is 5.32 Å². The molecular formula is C12H14ClNO4. The maximum absolute atomic E-state index is 11.6. The van der Waals surface area contributed by atoms with Crippen molar-refractivity contribution in [3.05, 3.63) is 34.9 Å². The molecule has 0 radical (unpaired) electrons. The molecule has 2 N–H and O–H groups in total. The van der Waals surface area contributed by atoms with Crippen molar-refractivity contribution >= 4 is 23.5 Å². The molecule has 0 aliphatic heterocycles. The van der Waals surface area contributed by atoms with E-state index in [2.05, 4.69) is 5.32 Å². The summed E-state index contributed by atoms with van der Waals surface area (Å²) < 4.78 is 4.97. The van der Waals surface area contributed by atoms with E-state index in [0.29, 0.717) is 10.6 Å². The van der Waals surface area contributed by atoms with Gasteiger partial charge < -0.3 is 15.2 Å². The smallest absolute Gasteiger partial charge is 0.332 e. The van der Waals surface area contributed by atoms with Gasteiger partial charge in [0.05, 0.1) is 6.61 Å². The van der Waals surface area contributed by atoms with Gasteiger partial charge in [0.15, 0.2) is 6.10 Å². The van der Waals surface area contributed by atoms with E-state index in [1.54, 1.807) is 24.3 Å². The van der Waals surface area contributed by atoms with Crippen LogP contribution in [0, 0.1) is 0 Å². The van der Waals surface area contributed by atoms with Crippen LogP contribution >= 0.6 is 11.6 Å². The van der Waals surface area contributed by atoms with E-state index >= 15 is 0 Å². The number of hydrogen-bond donors (Lipinski definition) is 2. The molecule has 1 amide bonds. The molecule has 5 nitrogen and oxygen atoms in total. The number of carbonyl (C=O) groups excluding carboxylic acids is 1. The van der Waals surface area contributed by atoms with Crippen LogP contribution in [0.2, 0.25) is 5.02 Å². The molecular weight excluding hydrogens is 258 g/mol. The van der Waals surface area contributed by atoms with Gasteiger partial charge in [-0.15, -0.1) is 0 Å². The first-order chi connectivity index (χ1) is 8.50. The van der Waals surface area contributed by atoms with E-state index in [-0.39, 0.29) is 19.1 Å². The summed E-state index contributed by atoms with van der Waals surface area (Å²) in [7, 11) is 0. The van der Waals surface area contributed by atoms with Crippen LogP contribution in [0.25, 0.3) is 0 Å². The topological polar surface area (TPSA) is 75.6 Å². The highest BCUT2D eigenvalue weighted by molar-refractivity contribution is 6.30. The number of hydrogen-bond acceptors (Lipinski definition) is 3. The zero-order valence-electron chi connectivity index (χ0n) is 9.85. The highest BCUT2D eigenvalue weighted by atomic mass is 35.5. The third-order valence-electron chi connectivity index (χ3n) is 2.21. The van der Waals surface area contributed by atoms with Crippen LogP contribution in [0.3, 0.4) is 0 Å². The van der Waals surface area contributed by atoms with Gasteiger partial charge in [-0.2, -0.15) is 0 Å². The minimum Gasteiger partial charge on any atom is -0.479 e. The van der Waals surface area contributed by atoms with Crippen LogP contribution in [0.5, 0.6) is 0 Å². The van der Waals surface area contributed by atoms with E-state index in [1.165, 1.54) is 6.92 Å². The number of carboxylic acid groups (broad SMARTS) is 1. The number of carbonyl (C=O) groups is 2. The van der Waals surface area contributed by atoms with Crippen molar-refractivity contribution in [1.82, 2.24) is 5.32 Å². The number of rotatable bonds is 6. The van der Waals surface area contributed by atoms with Crippen molar-refractivity contribution in [1.29, 1.82) is 0 Å². The lowest BCUT2D eigenvalue weighted by molar-refractivity contribution is -0.148. The Morgan fingerprint density at radius 1 is 1.39 bits per heavy atom. The highest BCUT2D eigenvalue weighted by Crippen LogP contribution is 2.09. The van der Waals surface area contributed by atoms with Gasteiger partial charge in [0.25, 0.3) is 5.91 Å². The van der Waals surface area contributed by atoms with Crippen molar-refractivity contribution in [3.63, 3.8) is 0 Å². The first kappa shape index (κ1) is 14.5. The zero-order chi connectivity index (χ0) is 13.5. The van der Waals surface area contributed by atoms with Gasteiger partial charge in [0, 0.05) is 17.1 Å². The minimum atomic E-state index is -1.03. The Labute approximate surface area is 110 Å². The molecule has 0 fully saturated rings. The molecule has 1 aromatic carbocycles. The summed E-state index contributed by atoms with van der Waals surface area (Å²) >= 11 is 5.70. The zero-order valence-corrected chi connectivity index (χ0v) is 10.6. The summed E-state index contributed by atoms with van der Waals surface area (Å²) in [6.45, 7) is 1.83. The number of amides is 1. The van der Waals surface area contributed by atoms with Crippen LogP contribution in [0.15, 0.2) is 24.3 Å². The summed E-state index contributed by atoms with van der Waals surface area (Å²) in [5, 5.41) is 11.7. The summed E-state index contributed by atoms with van der Waals surface area (Å²) in [6, 6.07) is 6.47. The average molecular weight is 272 g/mol. The van der Waals surface area contributed by atoms with Gasteiger partial charge in [0.2, 0.25) is 0 Å². The number of ether oxygens (including phenoxy) is 1. The maximum atomic E-state index is 11.6. The quantitative estimate of drug-likeness (QED) is 0.770. The van der Waals surface area contributed by atoms with E-state index in [1.807, 2.05) is 0 Å². The highest BCUT2D eigenvalue weighted by Gasteiger charge is 2.10. The first-order valence-electron chi connectivity index (χ1n) is 5.39. The van der Waals surface area contributed by atoms with Crippen molar-refractivity contribution in [2.45, 2.75) is 13.0 Å². The minimum absolute atomic E-state index is 0.146. The van der Waals surface area contributed by atoms with Gasteiger partial charge in [0.1, 0.15) is 0 Å². The molecule has 0 aliphatic carbocycles. The van der Waals surface area contributed by atoms with Crippen LogP contribution in [-0.2, 0) is 9.53 Å². The molecule has 18 heavy (non-hydrogen) atoms. The molecule has 0 bridgehead atoms. The largest absolute Gasteiger partial charge is 0.479 e. The van der Waals surface area contributed by atoms with E-state index in [9.17, 15) is 9.59 Å². The number of nitrogens with one attached hydrogen (secondary N) is 1. The maximum Gasteiger partial charge on any atom is 0.332 e. The summed E-state index contributed by atoms with van der Waals surface area (Å²) in [5.74, 6) is -1.28. The number of carboxylic acids is 1. The van der Waals surface area contributed by atoms with Crippen molar-refractivity contribution < 1.29 is 19.4 Å². The second kappa shape index (κ2) is 6.98. The lowest BCUT2D eigenvalue weighted by atomic mass is 10.2. The molecule has 98 valence electrons. The Bertz CT molecular complexity index is 419. The molecule has 0 heterocycles. The van der Waals surface area contributed by atoms with Crippen LogP contribution in [-0.4, -0.2) is 36.2 Å². The van der Waals surface area contributed by atoms with Crippen molar-refractivity contribution in [2.24, 2.45) is 0 Å². The standard InChI is InChI=1S/C12H14ClNO4/c1-8(12(16)17)18-7-6-14-11(15)9-2-4-10(13)5-3-9/h2-5,8H,6-7H2,1H3,(H,14,15)(H,16,17). The number of halogens is 1. The summed E-state index contributed by atoms with van der Waals surface area (Å²) in [6.07, 6.45) is -0.877. The monoisotopic (exact) mass is 271 g/mol. The molecule has 0 aromatic heterocycles. The van der Waals surface area contributed by atoms with Gasteiger partial charge in [-0.05, 0) is 31.2 Å². The van der Waals surface area contributed by atoms with Crippen molar-refractivity contribution in [3.8, 4) is 0 Å². The molecule has 0 saturated carbocycles. The Hall–Kier alpha value is -1.59. The Kier molecular flexibility index (Phi) is 5.61.